The fourth-order valence-corrected chi connectivity index (χ4v) is 3.32. The van der Waals surface area contributed by atoms with Crippen LogP contribution in [0.25, 0.3) is 0 Å². The molecule has 2 N–H and O–H groups in total. The Balaban J connectivity index is 1.86. The highest BCUT2D eigenvalue weighted by atomic mass is 16.3. The second-order valence-electron chi connectivity index (χ2n) is 7.08. The maximum absolute atomic E-state index is 12.5. The smallest absolute Gasteiger partial charge is 0.224 e. The van der Waals surface area contributed by atoms with Crippen LogP contribution in [0.4, 0.5) is 0 Å². The van der Waals surface area contributed by atoms with E-state index in [4.69, 9.17) is 0 Å². The lowest BCUT2D eigenvalue weighted by molar-refractivity contribution is -0.128. The molecule has 2 atom stereocenters. The molecular formula is C19H30N2O2. The summed E-state index contributed by atoms with van der Waals surface area (Å²) < 4.78 is 0. The maximum atomic E-state index is 12.5. The van der Waals surface area contributed by atoms with E-state index in [-0.39, 0.29) is 24.5 Å². The normalized spacial score (nSPS) is 20.4. The van der Waals surface area contributed by atoms with Crippen LogP contribution in [0.5, 0.6) is 0 Å². The second-order valence-corrected chi connectivity index (χ2v) is 7.08. The summed E-state index contributed by atoms with van der Waals surface area (Å²) in [4.78, 5) is 14.9. The van der Waals surface area contributed by atoms with Crippen molar-refractivity contribution in [2.24, 2.45) is 11.8 Å². The van der Waals surface area contributed by atoms with Gasteiger partial charge in [0.15, 0.2) is 0 Å². The Hall–Kier alpha value is -1.39. The van der Waals surface area contributed by atoms with Crippen molar-refractivity contribution in [2.45, 2.75) is 45.7 Å². The first-order valence-electron chi connectivity index (χ1n) is 8.76. The third-order valence-electron chi connectivity index (χ3n) is 4.45. The number of amides is 1. The summed E-state index contributed by atoms with van der Waals surface area (Å²) in [6, 6.07) is 10.3. The molecule has 1 aliphatic heterocycles. The quantitative estimate of drug-likeness (QED) is 0.812. The number of carbonyl (C=O) groups excluding carboxylic acids is 1. The number of carbonyl (C=O) groups is 1. The molecule has 4 heteroatoms. The van der Waals surface area contributed by atoms with Gasteiger partial charge in [-0.1, -0.05) is 44.2 Å². The largest absolute Gasteiger partial charge is 0.394 e. The zero-order valence-electron chi connectivity index (χ0n) is 14.4. The predicted molar refractivity (Wildman–Crippen MR) is 92.9 cm³/mol. The van der Waals surface area contributed by atoms with Gasteiger partial charge in [0, 0.05) is 13.1 Å². The number of nitrogens with one attached hydrogen (secondary N) is 1. The molecule has 0 spiro atoms. The number of hydrogen-bond acceptors (Lipinski definition) is 3. The van der Waals surface area contributed by atoms with Gasteiger partial charge in [-0.25, -0.2) is 0 Å². The molecule has 0 saturated carbocycles. The molecule has 2 unspecified atom stereocenters. The third-order valence-corrected chi connectivity index (χ3v) is 4.45. The number of piperidine rings is 1. The molecule has 0 aliphatic carbocycles. The van der Waals surface area contributed by atoms with Crippen molar-refractivity contribution < 1.29 is 9.90 Å². The minimum atomic E-state index is -0.119. The van der Waals surface area contributed by atoms with Gasteiger partial charge in [0.05, 0.1) is 18.6 Å². The molecule has 1 amide bonds. The Labute approximate surface area is 139 Å². The fourth-order valence-electron chi connectivity index (χ4n) is 3.32. The molecule has 0 bridgehead atoms. The number of aliphatic hydroxyl groups is 1. The highest BCUT2D eigenvalue weighted by Gasteiger charge is 2.27. The Kier molecular flexibility index (Phi) is 7.06. The molecule has 0 radical (unpaired) electrons. The van der Waals surface area contributed by atoms with Gasteiger partial charge in [0.1, 0.15) is 0 Å². The molecule has 1 saturated heterocycles. The van der Waals surface area contributed by atoms with Gasteiger partial charge < -0.3 is 10.4 Å². The van der Waals surface area contributed by atoms with Crippen LogP contribution in [0.2, 0.25) is 0 Å². The number of rotatable bonds is 7. The Morgan fingerprint density at radius 3 is 2.74 bits per heavy atom. The van der Waals surface area contributed by atoms with Crippen molar-refractivity contribution in [3.63, 3.8) is 0 Å². The number of aliphatic hydroxyl groups excluding tert-OH is 1. The predicted octanol–water partition coefficient (Wildman–Crippen LogP) is 2.42. The van der Waals surface area contributed by atoms with Gasteiger partial charge in [-0.2, -0.15) is 0 Å². The van der Waals surface area contributed by atoms with E-state index in [0.717, 1.165) is 38.9 Å². The van der Waals surface area contributed by atoms with E-state index in [1.807, 2.05) is 6.07 Å². The van der Waals surface area contributed by atoms with Crippen molar-refractivity contribution in [1.29, 1.82) is 0 Å². The van der Waals surface area contributed by atoms with Crippen LogP contribution < -0.4 is 5.32 Å². The minimum absolute atomic E-state index is 0.0182. The first-order valence-corrected chi connectivity index (χ1v) is 8.76. The molecule has 23 heavy (non-hydrogen) atoms. The minimum Gasteiger partial charge on any atom is -0.394 e. The lowest BCUT2D eigenvalue weighted by Gasteiger charge is -2.33. The lowest BCUT2D eigenvalue weighted by Crippen LogP contribution is -2.47. The van der Waals surface area contributed by atoms with E-state index in [2.05, 4.69) is 48.3 Å². The topological polar surface area (TPSA) is 52.6 Å². The van der Waals surface area contributed by atoms with Crippen LogP contribution in [0.3, 0.4) is 0 Å². The molecular weight excluding hydrogens is 288 g/mol. The van der Waals surface area contributed by atoms with Crippen LogP contribution in [-0.2, 0) is 11.3 Å². The van der Waals surface area contributed by atoms with E-state index in [1.54, 1.807) is 0 Å². The van der Waals surface area contributed by atoms with E-state index >= 15 is 0 Å². The summed E-state index contributed by atoms with van der Waals surface area (Å²) in [5, 5.41) is 12.5. The maximum Gasteiger partial charge on any atom is 0.224 e. The summed E-state index contributed by atoms with van der Waals surface area (Å²) in [5.41, 5.74) is 1.29. The summed E-state index contributed by atoms with van der Waals surface area (Å²) >= 11 is 0. The average molecular weight is 318 g/mol. The first-order chi connectivity index (χ1) is 11.1. The van der Waals surface area contributed by atoms with Crippen molar-refractivity contribution in [2.75, 3.05) is 19.7 Å². The first kappa shape index (κ1) is 18.0. The highest BCUT2D eigenvalue weighted by molar-refractivity contribution is 5.79. The molecule has 4 nitrogen and oxygen atoms in total. The molecule has 1 aromatic carbocycles. The van der Waals surface area contributed by atoms with Gasteiger partial charge in [-0.3, -0.25) is 9.69 Å². The molecule has 0 aromatic heterocycles. The van der Waals surface area contributed by atoms with Crippen molar-refractivity contribution in [3.05, 3.63) is 35.9 Å². The molecule has 1 fully saturated rings. The van der Waals surface area contributed by atoms with E-state index in [9.17, 15) is 9.90 Å². The Morgan fingerprint density at radius 1 is 1.35 bits per heavy atom. The number of benzene rings is 1. The van der Waals surface area contributed by atoms with Crippen LogP contribution >= 0.6 is 0 Å². The number of likely N-dealkylation sites (tertiary alicyclic amines) is 1. The highest BCUT2D eigenvalue weighted by Crippen LogP contribution is 2.19. The number of hydrogen-bond donors (Lipinski definition) is 2. The summed E-state index contributed by atoms with van der Waals surface area (Å²) in [5.74, 6) is 0.601. The van der Waals surface area contributed by atoms with Crippen LogP contribution in [0, 0.1) is 11.8 Å². The van der Waals surface area contributed by atoms with E-state index < -0.39 is 0 Å². The molecule has 128 valence electrons. The molecule has 1 aromatic rings. The summed E-state index contributed by atoms with van der Waals surface area (Å²) in [6.45, 7) is 6.99. The molecule has 1 aliphatic rings. The van der Waals surface area contributed by atoms with Crippen molar-refractivity contribution in [1.82, 2.24) is 10.2 Å². The van der Waals surface area contributed by atoms with Crippen molar-refractivity contribution in [3.8, 4) is 0 Å². The summed E-state index contributed by atoms with van der Waals surface area (Å²) in [7, 11) is 0. The molecule has 2 rings (SSSR count). The standard InChI is InChI=1S/C19H30N2O2/c1-15(2)11-18(14-22)20-19(23)17-9-6-10-21(13-17)12-16-7-4-3-5-8-16/h3-5,7-8,15,17-18,22H,6,9-14H2,1-2H3,(H,20,23). The van der Waals surface area contributed by atoms with E-state index in [1.165, 1.54) is 5.56 Å². The van der Waals surface area contributed by atoms with Gasteiger partial charge in [0.25, 0.3) is 0 Å². The van der Waals surface area contributed by atoms with Gasteiger partial charge in [-0.15, -0.1) is 0 Å². The Morgan fingerprint density at radius 2 is 2.09 bits per heavy atom. The zero-order chi connectivity index (χ0) is 16.7. The number of nitrogens with zero attached hydrogens (tertiary/aromatic N) is 1. The average Bonchev–Trinajstić information content (AvgIpc) is 2.55. The second kappa shape index (κ2) is 9.04. The zero-order valence-corrected chi connectivity index (χ0v) is 14.4. The monoisotopic (exact) mass is 318 g/mol. The molecule has 1 heterocycles. The van der Waals surface area contributed by atoms with Gasteiger partial charge in [0.2, 0.25) is 5.91 Å². The van der Waals surface area contributed by atoms with Crippen LogP contribution in [0.15, 0.2) is 30.3 Å². The third kappa shape index (κ3) is 5.96. The van der Waals surface area contributed by atoms with Crippen molar-refractivity contribution >= 4 is 5.91 Å². The Bertz CT molecular complexity index is 476. The summed E-state index contributed by atoms with van der Waals surface area (Å²) in [6.07, 6.45) is 2.82. The van der Waals surface area contributed by atoms with Gasteiger partial charge >= 0.3 is 0 Å². The van der Waals surface area contributed by atoms with Crippen LogP contribution in [0.1, 0.15) is 38.7 Å². The lowest BCUT2D eigenvalue weighted by atomic mass is 9.95. The van der Waals surface area contributed by atoms with Crippen LogP contribution in [-0.4, -0.2) is 41.7 Å². The van der Waals surface area contributed by atoms with Gasteiger partial charge in [-0.05, 0) is 37.3 Å². The van der Waals surface area contributed by atoms with E-state index in [0.29, 0.717) is 5.92 Å². The SMILES string of the molecule is CC(C)CC(CO)NC(=O)C1CCCN(Cc2ccccc2)C1. The fraction of sp³-hybridized carbons (Fsp3) is 0.632.